The van der Waals surface area contributed by atoms with Gasteiger partial charge in [0.1, 0.15) is 0 Å². The molecule has 0 radical (unpaired) electrons. The topological polar surface area (TPSA) is 50.8 Å². The maximum atomic E-state index is 12.6. The van der Waals surface area contributed by atoms with Crippen LogP contribution in [-0.2, 0) is 29.1 Å². The number of carbonyl (C=O) groups is 1. The molecule has 2 aliphatic rings. The lowest BCUT2D eigenvalue weighted by molar-refractivity contribution is -0.0113. The molecule has 130 valence electrons. The van der Waals surface area contributed by atoms with Gasteiger partial charge >= 0.3 is 6.03 Å². The number of rotatable bonds is 3. The summed E-state index contributed by atoms with van der Waals surface area (Å²) in [5, 5.41) is 3.00. The van der Waals surface area contributed by atoms with Crippen molar-refractivity contribution in [2.45, 2.75) is 25.7 Å². The summed E-state index contributed by atoms with van der Waals surface area (Å²) in [4.78, 5) is 14.4. The number of anilines is 1. The number of benzene rings is 2. The van der Waals surface area contributed by atoms with Crippen molar-refractivity contribution in [3.63, 3.8) is 0 Å². The third-order valence-electron chi connectivity index (χ3n) is 4.70. The Morgan fingerprint density at radius 3 is 2.84 bits per heavy atom. The number of amides is 2. The lowest BCUT2D eigenvalue weighted by Gasteiger charge is -2.33. The van der Waals surface area contributed by atoms with E-state index in [0.717, 1.165) is 17.7 Å². The van der Waals surface area contributed by atoms with Crippen LogP contribution in [0, 0.1) is 0 Å². The van der Waals surface area contributed by atoms with Crippen molar-refractivity contribution in [2.75, 3.05) is 25.0 Å². The molecule has 5 heteroatoms. The van der Waals surface area contributed by atoms with Gasteiger partial charge in [0, 0.05) is 25.2 Å². The second-order valence-corrected chi connectivity index (χ2v) is 6.53. The summed E-state index contributed by atoms with van der Waals surface area (Å²) in [5.41, 5.74) is 4.41. The summed E-state index contributed by atoms with van der Waals surface area (Å²) in [5.74, 6) is 0. The molecule has 0 unspecified atom stereocenters. The quantitative estimate of drug-likeness (QED) is 0.935. The lowest BCUT2D eigenvalue weighted by Crippen LogP contribution is -2.48. The molecule has 0 aromatic heterocycles. The van der Waals surface area contributed by atoms with Gasteiger partial charge in [-0.2, -0.15) is 0 Å². The monoisotopic (exact) mass is 338 g/mol. The molecule has 1 atom stereocenters. The molecule has 25 heavy (non-hydrogen) atoms. The van der Waals surface area contributed by atoms with E-state index in [-0.39, 0.29) is 12.1 Å². The molecular formula is C20H22N2O3. The lowest BCUT2D eigenvalue weighted by atomic mass is 10.1. The first-order valence-corrected chi connectivity index (χ1v) is 8.69. The normalized spacial score (nSPS) is 19.5. The van der Waals surface area contributed by atoms with Crippen molar-refractivity contribution in [1.82, 2.24) is 4.90 Å². The number of morpholine rings is 1. The molecule has 0 spiro atoms. The summed E-state index contributed by atoms with van der Waals surface area (Å²) in [6, 6.07) is 16.1. The van der Waals surface area contributed by atoms with Crippen molar-refractivity contribution in [3.8, 4) is 0 Å². The number of hydrogen-bond acceptors (Lipinski definition) is 3. The second kappa shape index (κ2) is 7.25. The number of nitrogens with zero attached hydrogens (tertiary/aromatic N) is 1. The van der Waals surface area contributed by atoms with Gasteiger partial charge in [0.2, 0.25) is 0 Å². The molecule has 1 N–H and O–H groups in total. The number of urea groups is 1. The summed E-state index contributed by atoms with van der Waals surface area (Å²) in [6.45, 7) is 3.08. The number of nitrogens with one attached hydrogen (secondary N) is 1. The van der Waals surface area contributed by atoms with Crippen LogP contribution in [0.15, 0.2) is 48.5 Å². The standard InChI is InChI=1S/C20H22N2O3/c23-20(21-18-7-6-16-13-24-14-17(16)11-18)22-8-9-25-19(12-22)10-15-4-2-1-3-5-15/h1-7,11,19H,8-10,12-14H2,(H,21,23)/t19-/m0/s1. The molecule has 2 heterocycles. The Hall–Kier alpha value is -2.37. The van der Waals surface area contributed by atoms with Gasteiger partial charge in [0.05, 0.1) is 25.9 Å². The van der Waals surface area contributed by atoms with E-state index in [9.17, 15) is 4.79 Å². The highest BCUT2D eigenvalue weighted by Gasteiger charge is 2.24. The molecule has 2 aliphatic heterocycles. The molecule has 0 aliphatic carbocycles. The molecule has 2 amide bonds. The zero-order valence-electron chi connectivity index (χ0n) is 14.1. The van der Waals surface area contributed by atoms with E-state index in [1.54, 1.807) is 0 Å². The van der Waals surface area contributed by atoms with Gasteiger partial charge < -0.3 is 19.7 Å². The first-order valence-electron chi connectivity index (χ1n) is 8.69. The van der Waals surface area contributed by atoms with Crippen molar-refractivity contribution in [3.05, 3.63) is 65.2 Å². The third kappa shape index (κ3) is 3.83. The first kappa shape index (κ1) is 16.1. The second-order valence-electron chi connectivity index (χ2n) is 6.53. The van der Waals surface area contributed by atoms with Crippen LogP contribution in [0.25, 0.3) is 0 Å². The molecule has 0 saturated carbocycles. The van der Waals surface area contributed by atoms with Crippen molar-refractivity contribution < 1.29 is 14.3 Å². The molecule has 1 fully saturated rings. The Bertz CT molecular complexity index is 748. The van der Waals surface area contributed by atoms with Gasteiger partial charge in [0.25, 0.3) is 0 Å². The maximum Gasteiger partial charge on any atom is 0.322 e. The number of carbonyl (C=O) groups excluding carboxylic acids is 1. The maximum absolute atomic E-state index is 12.6. The van der Waals surface area contributed by atoms with Crippen LogP contribution in [0.5, 0.6) is 0 Å². The number of hydrogen-bond donors (Lipinski definition) is 1. The Labute approximate surface area is 147 Å². The zero-order chi connectivity index (χ0) is 17.1. The molecule has 2 aromatic rings. The van der Waals surface area contributed by atoms with Crippen molar-refractivity contribution in [2.24, 2.45) is 0 Å². The fraction of sp³-hybridized carbons (Fsp3) is 0.350. The van der Waals surface area contributed by atoms with Crippen LogP contribution in [-0.4, -0.2) is 36.7 Å². The minimum absolute atomic E-state index is 0.0373. The minimum atomic E-state index is -0.0692. The fourth-order valence-corrected chi connectivity index (χ4v) is 3.36. The van der Waals surface area contributed by atoms with E-state index >= 15 is 0 Å². The summed E-state index contributed by atoms with van der Waals surface area (Å²) in [7, 11) is 0. The highest BCUT2D eigenvalue weighted by Crippen LogP contribution is 2.23. The Balaban J connectivity index is 1.36. The molecule has 0 bridgehead atoms. The zero-order valence-corrected chi connectivity index (χ0v) is 14.1. The minimum Gasteiger partial charge on any atom is -0.374 e. The SMILES string of the molecule is O=C(Nc1ccc2c(c1)COC2)N1CCO[C@@H](Cc2ccccc2)C1. The summed E-state index contributed by atoms with van der Waals surface area (Å²) >= 11 is 0. The van der Waals surface area contributed by atoms with Crippen molar-refractivity contribution >= 4 is 11.7 Å². The predicted octanol–water partition coefficient (Wildman–Crippen LogP) is 3.19. The van der Waals surface area contributed by atoms with Gasteiger partial charge in [-0.1, -0.05) is 36.4 Å². The number of fused-ring (bicyclic) bond motifs is 1. The molecule has 1 saturated heterocycles. The van der Waals surface area contributed by atoms with Crippen LogP contribution in [0.3, 0.4) is 0 Å². The third-order valence-corrected chi connectivity index (χ3v) is 4.70. The average molecular weight is 338 g/mol. The van der Waals surface area contributed by atoms with E-state index in [0.29, 0.717) is 32.9 Å². The van der Waals surface area contributed by atoms with E-state index in [1.807, 2.05) is 41.3 Å². The number of ether oxygens (including phenoxy) is 2. The highest BCUT2D eigenvalue weighted by molar-refractivity contribution is 5.89. The van der Waals surface area contributed by atoms with Crippen LogP contribution in [0.1, 0.15) is 16.7 Å². The van der Waals surface area contributed by atoms with Gasteiger partial charge in [-0.3, -0.25) is 0 Å². The fourth-order valence-electron chi connectivity index (χ4n) is 3.36. The summed E-state index contributed by atoms with van der Waals surface area (Å²) in [6.07, 6.45) is 0.858. The Kier molecular flexibility index (Phi) is 4.68. The molecule has 5 nitrogen and oxygen atoms in total. The van der Waals surface area contributed by atoms with Crippen molar-refractivity contribution in [1.29, 1.82) is 0 Å². The van der Waals surface area contributed by atoms with Gasteiger partial charge in [-0.05, 0) is 28.8 Å². The van der Waals surface area contributed by atoms with E-state index in [4.69, 9.17) is 9.47 Å². The van der Waals surface area contributed by atoms with Crippen LogP contribution in [0.2, 0.25) is 0 Å². The smallest absolute Gasteiger partial charge is 0.322 e. The van der Waals surface area contributed by atoms with Gasteiger partial charge in [-0.25, -0.2) is 4.79 Å². The summed E-state index contributed by atoms with van der Waals surface area (Å²) < 4.78 is 11.3. The van der Waals surface area contributed by atoms with E-state index in [2.05, 4.69) is 17.4 Å². The van der Waals surface area contributed by atoms with Crippen LogP contribution >= 0.6 is 0 Å². The largest absolute Gasteiger partial charge is 0.374 e. The van der Waals surface area contributed by atoms with Gasteiger partial charge in [-0.15, -0.1) is 0 Å². The first-order chi connectivity index (χ1) is 12.3. The van der Waals surface area contributed by atoms with Crippen LogP contribution < -0.4 is 5.32 Å². The molecular weight excluding hydrogens is 316 g/mol. The Morgan fingerprint density at radius 1 is 1.12 bits per heavy atom. The average Bonchev–Trinajstić information content (AvgIpc) is 3.10. The van der Waals surface area contributed by atoms with E-state index in [1.165, 1.54) is 11.1 Å². The van der Waals surface area contributed by atoms with Crippen LogP contribution in [0.4, 0.5) is 10.5 Å². The molecule has 2 aromatic carbocycles. The van der Waals surface area contributed by atoms with Gasteiger partial charge in [0.15, 0.2) is 0 Å². The molecule has 4 rings (SSSR count). The van der Waals surface area contributed by atoms with E-state index < -0.39 is 0 Å². The highest BCUT2D eigenvalue weighted by atomic mass is 16.5. The Morgan fingerprint density at radius 2 is 1.96 bits per heavy atom. The predicted molar refractivity (Wildman–Crippen MR) is 95.4 cm³/mol.